The lowest BCUT2D eigenvalue weighted by Gasteiger charge is -2.07. The fourth-order valence-electron chi connectivity index (χ4n) is 1.61. The Kier molecular flexibility index (Phi) is 3.50. The van der Waals surface area contributed by atoms with E-state index in [0.717, 1.165) is 17.8 Å². The predicted octanol–water partition coefficient (Wildman–Crippen LogP) is 3.16. The van der Waals surface area contributed by atoms with E-state index < -0.39 is 11.6 Å². The molecule has 1 heterocycles. The molecular weight excluding hydrogens is 236 g/mol. The van der Waals surface area contributed by atoms with Crippen LogP contribution in [0.15, 0.2) is 24.3 Å². The second kappa shape index (κ2) is 5.08. The quantitative estimate of drug-likeness (QED) is 0.908. The molecule has 0 unspecified atom stereocenters. The maximum atomic E-state index is 13.2. The van der Waals surface area contributed by atoms with E-state index in [9.17, 15) is 8.78 Å². The molecule has 0 spiro atoms. The van der Waals surface area contributed by atoms with Crippen LogP contribution in [0.25, 0.3) is 11.3 Å². The van der Waals surface area contributed by atoms with Crippen LogP contribution >= 0.6 is 0 Å². The molecule has 0 radical (unpaired) electrons. The SMILES string of the molecule is CCNc1nc(C)cc(-c2ccc(F)c(F)c2)n1. The molecule has 1 aromatic carbocycles. The Morgan fingerprint density at radius 3 is 2.56 bits per heavy atom. The molecule has 1 N–H and O–H groups in total. The Balaban J connectivity index is 2.46. The van der Waals surface area contributed by atoms with Crippen molar-refractivity contribution >= 4 is 5.95 Å². The third-order valence-electron chi connectivity index (χ3n) is 2.40. The average molecular weight is 249 g/mol. The molecule has 2 rings (SSSR count). The molecule has 3 nitrogen and oxygen atoms in total. The van der Waals surface area contributed by atoms with Gasteiger partial charge in [0, 0.05) is 17.8 Å². The minimum atomic E-state index is -0.881. The van der Waals surface area contributed by atoms with Gasteiger partial charge in [0.05, 0.1) is 5.69 Å². The smallest absolute Gasteiger partial charge is 0.223 e. The maximum absolute atomic E-state index is 13.2. The zero-order valence-corrected chi connectivity index (χ0v) is 10.2. The maximum Gasteiger partial charge on any atom is 0.223 e. The Bertz CT molecular complexity index is 570. The van der Waals surface area contributed by atoms with Gasteiger partial charge in [0.25, 0.3) is 0 Å². The zero-order valence-electron chi connectivity index (χ0n) is 10.2. The van der Waals surface area contributed by atoms with Crippen molar-refractivity contribution in [2.24, 2.45) is 0 Å². The van der Waals surface area contributed by atoms with Gasteiger partial charge in [-0.05, 0) is 38.1 Å². The molecular formula is C13H13F2N3. The van der Waals surface area contributed by atoms with Gasteiger partial charge in [0.15, 0.2) is 11.6 Å². The number of hydrogen-bond acceptors (Lipinski definition) is 3. The highest BCUT2D eigenvalue weighted by Crippen LogP contribution is 2.21. The van der Waals surface area contributed by atoms with E-state index in [1.54, 1.807) is 6.07 Å². The summed E-state index contributed by atoms with van der Waals surface area (Å²) >= 11 is 0. The van der Waals surface area contributed by atoms with E-state index in [2.05, 4.69) is 15.3 Å². The summed E-state index contributed by atoms with van der Waals surface area (Å²) in [4.78, 5) is 8.45. The van der Waals surface area contributed by atoms with E-state index in [1.165, 1.54) is 6.07 Å². The Hall–Kier alpha value is -2.04. The fourth-order valence-corrected chi connectivity index (χ4v) is 1.61. The first-order valence-electron chi connectivity index (χ1n) is 5.65. The Morgan fingerprint density at radius 1 is 1.11 bits per heavy atom. The van der Waals surface area contributed by atoms with Crippen molar-refractivity contribution in [1.82, 2.24) is 9.97 Å². The van der Waals surface area contributed by atoms with Crippen LogP contribution < -0.4 is 5.32 Å². The van der Waals surface area contributed by atoms with Gasteiger partial charge >= 0.3 is 0 Å². The first-order chi connectivity index (χ1) is 8.60. The van der Waals surface area contributed by atoms with Crippen LogP contribution in [0.4, 0.5) is 14.7 Å². The van der Waals surface area contributed by atoms with Crippen molar-refractivity contribution in [3.8, 4) is 11.3 Å². The van der Waals surface area contributed by atoms with Gasteiger partial charge in [0.2, 0.25) is 5.95 Å². The van der Waals surface area contributed by atoms with Gasteiger partial charge in [-0.2, -0.15) is 0 Å². The normalized spacial score (nSPS) is 10.4. The predicted molar refractivity (Wildman–Crippen MR) is 66.3 cm³/mol. The van der Waals surface area contributed by atoms with Crippen molar-refractivity contribution in [2.45, 2.75) is 13.8 Å². The molecule has 18 heavy (non-hydrogen) atoms. The second-order valence-electron chi connectivity index (χ2n) is 3.88. The van der Waals surface area contributed by atoms with Gasteiger partial charge < -0.3 is 5.32 Å². The standard InChI is InChI=1S/C13H13F2N3/c1-3-16-13-17-8(2)6-12(18-13)9-4-5-10(14)11(15)7-9/h4-7H,3H2,1-2H3,(H,16,17,18). The number of nitrogens with zero attached hydrogens (tertiary/aromatic N) is 2. The summed E-state index contributed by atoms with van der Waals surface area (Å²) in [7, 11) is 0. The second-order valence-corrected chi connectivity index (χ2v) is 3.88. The van der Waals surface area contributed by atoms with Crippen molar-refractivity contribution in [3.63, 3.8) is 0 Å². The summed E-state index contributed by atoms with van der Waals surface area (Å²) in [6.07, 6.45) is 0. The van der Waals surface area contributed by atoms with Crippen LogP contribution in [-0.4, -0.2) is 16.5 Å². The number of halogens is 2. The van der Waals surface area contributed by atoms with E-state index in [-0.39, 0.29) is 0 Å². The van der Waals surface area contributed by atoms with Crippen LogP contribution in [0.1, 0.15) is 12.6 Å². The van der Waals surface area contributed by atoms with Gasteiger partial charge in [-0.3, -0.25) is 0 Å². The highest BCUT2D eigenvalue weighted by Gasteiger charge is 2.07. The topological polar surface area (TPSA) is 37.8 Å². The van der Waals surface area contributed by atoms with E-state index in [4.69, 9.17) is 0 Å². The Morgan fingerprint density at radius 2 is 1.89 bits per heavy atom. The van der Waals surface area contributed by atoms with Crippen LogP contribution in [0.2, 0.25) is 0 Å². The molecule has 2 aromatic rings. The number of hydrogen-bond donors (Lipinski definition) is 1. The summed E-state index contributed by atoms with van der Waals surface area (Å²) in [5.41, 5.74) is 1.86. The van der Waals surface area contributed by atoms with Gasteiger partial charge in [-0.1, -0.05) is 0 Å². The molecule has 0 bridgehead atoms. The molecule has 0 aliphatic carbocycles. The molecule has 0 fully saturated rings. The molecule has 0 amide bonds. The van der Waals surface area contributed by atoms with Crippen LogP contribution in [0, 0.1) is 18.6 Å². The minimum absolute atomic E-state index is 0.484. The van der Waals surface area contributed by atoms with E-state index in [0.29, 0.717) is 23.8 Å². The summed E-state index contributed by atoms with van der Waals surface area (Å²) in [6.45, 7) is 4.45. The minimum Gasteiger partial charge on any atom is -0.354 e. The first-order valence-corrected chi connectivity index (χ1v) is 5.65. The number of rotatable bonds is 3. The van der Waals surface area contributed by atoms with Crippen molar-refractivity contribution in [2.75, 3.05) is 11.9 Å². The third-order valence-corrected chi connectivity index (χ3v) is 2.40. The molecule has 0 saturated heterocycles. The zero-order chi connectivity index (χ0) is 13.1. The number of anilines is 1. The van der Waals surface area contributed by atoms with E-state index in [1.807, 2.05) is 13.8 Å². The largest absolute Gasteiger partial charge is 0.354 e. The fraction of sp³-hybridized carbons (Fsp3) is 0.231. The molecule has 0 aliphatic heterocycles. The van der Waals surface area contributed by atoms with Crippen LogP contribution in [0.5, 0.6) is 0 Å². The summed E-state index contributed by atoms with van der Waals surface area (Å²) in [6, 6.07) is 5.45. The number of aryl methyl sites for hydroxylation is 1. The Labute approximate surface area is 104 Å². The van der Waals surface area contributed by atoms with Gasteiger partial charge in [-0.15, -0.1) is 0 Å². The summed E-state index contributed by atoms with van der Waals surface area (Å²) in [5.74, 6) is -1.26. The monoisotopic (exact) mass is 249 g/mol. The average Bonchev–Trinajstić information content (AvgIpc) is 2.32. The van der Waals surface area contributed by atoms with Crippen molar-refractivity contribution in [3.05, 3.63) is 41.6 Å². The first kappa shape index (κ1) is 12.4. The highest BCUT2D eigenvalue weighted by molar-refractivity contribution is 5.60. The lowest BCUT2D eigenvalue weighted by molar-refractivity contribution is 0.509. The summed E-state index contributed by atoms with van der Waals surface area (Å²) in [5, 5.41) is 2.99. The molecule has 0 atom stereocenters. The molecule has 94 valence electrons. The molecule has 0 aliphatic rings. The highest BCUT2D eigenvalue weighted by atomic mass is 19.2. The molecule has 5 heteroatoms. The van der Waals surface area contributed by atoms with E-state index >= 15 is 0 Å². The molecule has 0 saturated carbocycles. The number of benzene rings is 1. The van der Waals surface area contributed by atoms with Gasteiger partial charge in [0.1, 0.15) is 0 Å². The summed E-state index contributed by atoms with van der Waals surface area (Å²) < 4.78 is 26.1. The number of aromatic nitrogens is 2. The van der Waals surface area contributed by atoms with Gasteiger partial charge in [-0.25, -0.2) is 18.7 Å². The number of nitrogens with one attached hydrogen (secondary N) is 1. The lowest BCUT2D eigenvalue weighted by Crippen LogP contribution is -2.04. The van der Waals surface area contributed by atoms with Crippen molar-refractivity contribution in [1.29, 1.82) is 0 Å². The van der Waals surface area contributed by atoms with Crippen molar-refractivity contribution < 1.29 is 8.78 Å². The van der Waals surface area contributed by atoms with Crippen LogP contribution in [-0.2, 0) is 0 Å². The third kappa shape index (κ3) is 2.61. The van der Waals surface area contributed by atoms with Crippen LogP contribution in [0.3, 0.4) is 0 Å². The lowest BCUT2D eigenvalue weighted by atomic mass is 10.1. The molecule has 1 aromatic heterocycles.